The second-order valence-corrected chi connectivity index (χ2v) is 3.51. The maximum atomic E-state index is 13.2. The molecule has 1 atom stereocenters. The third-order valence-corrected chi connectivity index (χ3v) is 2.28. The van der Waals surface area contributed by atoms with Crippen LogP contribution in [0.2, 0.25) is 0 Å². The van der Waals surface area contributed by atoms with E-state index < -0.39 is 41.6 Å². The largest absolute Gasteiger partial charge is 0.472 e. The minimum absolute atomic E-state index is 2.09. The van der Waals surface area contributed by atoms with Gasteiger partial charge >= 0.3 is 35.8 Å². The quantitative estimate of drug-likeness (QED) is 0.604. The molecule has 0 bridgehead atoms. The van der Waals surface area contributed by atoms with Crippen LogP contribution in [0.3, 0.4) is 0 Å². The molecule has 0 fully saturated rings. The highest BCUT2D eigenvalue weighted by molar-refractivity contribution is 5.26. The summed E-state index contributed by atoms with van der Waals surface area (Å²) in [6.07, 6.45) is -13.8. The molecule has 0 aromatic carbocycles. The summed E-state index contributed by atoms with van der Waals surface area (Å²) in [6, 6.07) is -3.87. The standard InChI is InChI=1S/C7F12O/c8-1-2(9)20-7(18,19)5(13,14)4(11,12)3(1,10)6(15,16)17. The Morgan fingerprint density at radius 1 is 0.750 bits per heavy atom. The molecule has 1 aliphatic rings. The third-order valence-electron chi connectivity index (χ3n) is 2.28. The summed E-state index contributed by atoms with van der Waals surface area (Å²) in [5, 5.41) is 0. The van der Waals surface area contributed by atoms with Crippen molar-refractivity contribution in [3.05, 3.63) is 11.8 Å². The van der Waals surface area contributed by atoms with E-state index in [9.17, 15) is 52.7 Å². The molecule has 0 aromatic heterocycles. The fourth-order valence-electron chi connectivity index (χ4n) is 1.20. The molecule has 0 amide bonds. The summed E-state index contributed by atoms with van der Waals surface area (Å²) in [7, 11) is 0. The van der Waals surface area contributed by atoms with E-state index in [2.05, 4.69) is 4.74 Å². The highest BCUT2D eigenvalue weighted by Crippen LogP contribution is 2.62. The van der Waals surface area contributed by atoms with Gasteiger partial charge in [0.15, 0.2) is 0 Å². The van der Waals surface area contributed by atoms with E-state index in [-0.39, 0.29) is 0 Å². The third kappa shape index (κ3) is 1.67. The number of allylic oxidation sites excluding steroid dienone is 1. The zero-order valence-electron chi connectivity index (χ0n) is 8.44. The Hall–Kier alpha value is -1.30. The number of hydrogen-bond acceptors (Lipinski definition) is 1. The van der Waals surface area contributed by atoms with E-state index in [0.717, 1.165) is 0 Å². The molecule has 1 rings (SSSR count). The number of ether oxygens (including phenoxy) is 1. The van der Waals surface area contributed by atoms with Gasteiger partial charge in [-0.25, -0.2) is 8.78 Å². The fraction of sp³-hybridized carbons (Fsp3) is 0.714. The Kier molecular flexibility index (Phi) is 3.24. The molecular weight excluding hydrogens is 328 g/mol. The van der Waals surface area contributed by atoms with Gasteiger partial charge < -0.3 is 4.74 Å². The Balaban J connectivity index is 3.79. The zero-order chi connectivity index (χ0) is 16.4. The van der Waals surface area contributed by atoms with Gasteiger partial charge in [-0.05, 0) is 0 Å². The molecule has 0 radical (unpaired) electrons. The SMILES string of the molecule is FC1=C(F)C(F)(C(F)(F)F)C(F)(F)C(F)(F)C(F)(F)O1. The first-order valence-electron chi connectivity index (χ1n) is 4.18. The highest BCUT2D eigenvalue weighted by atomic mass is 19.4. The summed E-state index contributed by atoms with van der Waals surface area (Å²) in [5.41, 5.74) is -7.03. The summed E-state index contributed by atoms with van der Waals surface area (Å²) in [6.45, 7) is 0. The molecule has 1 heterocycles. The summed E-state index contributed by atoms with van der Waals surface area (Å²) < 4.78 is 153. The lowest BCUT2D eigenvalue weighted by Crippen LogP contribution is -2.67. The molecule has 0 N–H and O–H groups in total. The molecule has 20 heavy (non-hydrogen) atoms. The molecule has 1 unspecified atom stereocenters. The summed E-state index contributed by atoms with van der Waals surface area (Å²) in [5.74, 6) is -18.9. The van der Waals surface area contributed by atoms with E-state index in [1.165, 1.54) is 0 Å². The monoisotopic (exact) mass is 328 g/mol. The molecule has 0 spiro atoms. The second-order valence-electron chi connectivity index (χ2n) is 3.51. The van der Waals surface area contributed by atoms with Gasteiger partial charge in [-0.15, -0.1) is 0 Å². The Bertz CT molecular complexity index is 447. The molecule has 0 aliphatic carbocycles. The van der Waals surface area contributed by atoms with E-state index in [4.69, 9.17) is 0 Å². The summed E-state index contributed by atoms with van der Waals surface area (Å²) in [4.78, 5) is 0. The lowest BCUT2D eigenvalue weighted by atomic mass is 9.90. The van der Waals surface area contributed by atoms with Gasteiger partial charge in [0.1, 0.15) is 0 Å². The van der Waals surface area contributed by atoms with Crippen molar-refractivity contribution in [3.63, 3.8) is 0 Å². The fourth-order valence-corrected chi connectivity index (χ4v) is 1.20. The predicted molar refractivity (Wildman–Crippen MR) is 35.1 cm³/mol. The van der Waals surface area contributed by atoms with Gasteiger partial charge in [0, 0.05) is 0 Å². The first kappa shape index (κ1) is 16.8. The van der Waals surface area contributed by atoms with E-state index >= 15 is 0 Å². The predicted octanol–water partition coefficient (Wildman–Crippen LogP) is 4.26. The highest BCUT2D eigenvalue weighted by Gasteiger charge is 2.90. The van der Waals surface area contributed by atoms with Gasteiger partial charge in [-0.1, -0.05) is 0 Å². The topological polar surface area (TPSA) is 9.23 Å². The van der Waals surface area contributed by atoms with Gasteiger partial charge in [0.05, 0.1) is 0 Å². The summed E-state index contributed by atoms with van der Waals surface area (Å²) >= 11 is 0. The first-order valence-corrected chi connectivity index (χ1v) is 4.18. The average molecular weight is 328 g/mol. The number of hydrogen-bond donors (Lipinski definition) is 0. The van der Waals surface area contributed by atoms with Crippen molar-refractivity contribution in [2.45, 2.75) is 29.8 Å². The van der Waals surface area contributed by atoms with Crippen LogP contribution in [-0.2, 0) is 4.74 Å². The maximum Gasteiger partial charge on any atom is 0.472 e. The lowest BCUT2D eigenvalue weighted by molar-refractivity contribution is -0.419. The van der Waals surface area contributed by atoms with Crippen LogP contribution in [0.15, 0.2) is 11.8 Å². The molecule has 0 aromatic rings. The molecule has 0 saturated carbocycles. The lowest BCUT2D eigenvalue weighted by Gasteiger charge is -2.36. The van der Waals surface area contributed by atoms with Crippen molar-refractivity contribution >= 4 is 0 Å². The first-order chi connectivity index (χ1) is 8.54. The van der Waals surface area contributed by atoms with E-state index in [1.54, 1.807) is 0 Å². The maximum absolute atomic E-state index is 13.2. The van der Waals surface area contributed by atoms with Crippen LogP contribution in [0.5, 0.6) is 0 Å². The van der Waals surface area contributed by atoms with Crippen molar-refractivity contribution in [1.82, 2.24) is 0 Å². The normalized spacial score (nSPS) is 32.6. The van der Waals surface area contributed by atoms with Crippen LogP contribution >= 0.6 is 0 Å². The Morgan fingerprint density at radius 2 is 1.15 bits per heavy atom. The minimum atomic E-state index is -7.39. The average Bonchev–Trinajstić information content (AvgIpc) is 2.24. The molecule has 1 aliphatic heterocycles. The van der Waals surface area contributed by atoms with Gasteiger partial charge in [-0.2, -0.15) is 43.9 Å². The number of halogens is 12. The zero-order valence-corrected chi connectivity index (χ0v) is 8.44. The molecular formula is C7F12O. The Labute approximate surface area is 100 Å². The van der Waals surface area contributed by atoms with Crippen LogP contribution in [-0.4, -0.2) is 29.8 Å². The molecule has 1 nitrogen and oxygen atoms in total. The van der Waals surface area contributed by atoms with Crippen LogP contribution in [0, 0.1) is 0 Å². The van der Waals surface area contributed by atoms with Crippen molar-refractivity contribution in [3.8, 4) is 0 Å². The van der Waals surface area contributed by atoms with Crippen molar-refractivity contribution in [2.24, 2.45) is 0 Å². The van der Waals surface area contributed by atoms with Crippen molar-refractivity contribution in [2.75, 3.05) is 0 Å². The second kappa shape index (κ2) is 3.87. The van der Waals surface area contributed by atoms with Crippen LogP contribution in [0.1, 0.15) is 0 Å². The van der Waals surface area contributed by atoms with Gasteiger partial charge in [0.2, 0.25) is 5.83 Å². The van der Waals surface area contributed by atoms with E-state index in [1.807, 2.05) is 0 Å². The van der Waals surface area contributed by atoms with Gasteiger partial charge in [0.25, 0.3) is 0 Å². The van der Waals surface area contributed by atoms with Crippen LogP contribution < -0.4 is 0 Å². The van der Waals surface area contributed by atoms with Crippen LogP contribution in [0.25, 0.3) is 0 Å². The molecule has 13 heteroatoms. The molecule has 0 saturated heterocycles. The number of rotatable bonds is 0. The Morgan fingerprint density at radius 3 is 1.50 bits per heavy atom. The number of alkyl halides is 10. The molecule has 118 valence electrons. The van der Waals surface area contributed by atoms with Crippen LogP contribution in [0.4, 0.5) is 52.7 Å². The van der Waals surface area contributed by atoms with Crippen molar-refractivity contribution in [1.29, 1.82) is 0 Å². The van der Waals surface area contributed by atoms with E-state index in [0.29, 0.717) is 0 Å². The van der Waals surface area contributed by atoms with Gasteiger partial charge in [-0.3, -0.25) is 0 Å². The van der Waals surface area contributed by atoms with Crippen molar-refractivity contribution < 1.29 is 57.4 Å². The smallest absolute Gasteiger partial charge is 0.399 e. The minimum Gasteiger partial charge on any atom is -0.399 e.